The van der Waals surface area contributed by atoms with Crippen LogP contribution in [0.25, 0.3) is 0 Å². The molecule has 0 bridgehead atoms. The summed E-state index contributed by atoms with van der Waals surface area (Å²) in [5, 5.41) is 3.31. The number of rotatable bonds is 6. The highest BCUT2D eigenvalue weighted by Gasteiger charge is 2.26. The van der Waals surface area contributed by atoms with E-state index in [1.54, 1.807) is 24.4 Å². The Hall–Kier alpha value is -2.43. The summed E-state index contributed by atoms with van der Waals surface area (Å²) in [6, 6.07) is 9.56. The fourth-order valence-electron chi connectivity index (χ4n) is 3.30. The molecular formula is C22H28FIN4O3. The molecule has 1 saturated heterocycles. The monoisotopic (exact) mass is 542 g/mol. The lowest BCUT2D eigenvalue weighted by Gasteiger charge is -2.33. The zero-order valence-electron chi connectivity index (χ0n) is 17.7. The van der Waals surface area contributed by atoms with Crippen molar-refractivity contribution in [2.45, 2.75) is 26.3 Å². The quantitative estimate of drug-likeness (QED) is 0.258. The van der Waals surface area contributed by atoms with Crippen LogP contribution in [0.1, 0.15) is 25.3 Å². The predicted molar refractivity (Wildman–Crippen MR) is 127 cm³/mol. The lowest BCUT2D eigenvalue weighted by atomic mass is 9.97. The van der Waals surface area contributed by atoms with Crippen molar-refractivity contribution in [1.82, 2.24) is 15.2 Å². The predicted octanol–water partition coefficient (Wildman–Crippen LogP) is 3.98. The third kappa shape index (κ3) is 7.34. The number of nitrogens with one attached hydrogen (secondary N) is 1. The van der Waals surface area contributed by atoms with E-state index in [-0.39, 0.29) is 41.7 Å². The first-order valence-electron chi connectivity index (χ1n) is 10.1. The molecule has 3 rings (SSSR count). The summed E-state index contributed by atoms with van der Waals surface area (Å²) >= 11 is 0. The van der Waals surface area contributed by atoms with E-state index in [9.17, 15) is 9.18 Å². The van der Waals surface area contributed by atoms with Crippen molar-refractivity contribution in [3.63, 3.8) is 0 Å². The number of benzene rings is 1. The Morgan fingerprint density at radius 2 is 2.06 bits per heavy atom. The number of carbonyl (C=O) groups excluding carboxylic acids is 1. The number of piperidine rings is 1. The minimum atomic E-state index is -0.356. The SMILES string of the molecule is CCNC(=NCc1ccc(Oc2cccc(F)c2)nc1)N1CCC(C(=O)OC)CC1.I. The molecule has 7 nitrogen and oxygen atoms in total. The Balaban J connectivity index is 0.00000341. The first kappa shape index (κ1) is 24.8. The maximum Gasteiger partial charge on any atom is 0.308 e. The van der Waals surface area contributed by atoms with E-state index in [2.05, 4.69) is 15.2 Å². The number of pyridine rings is 1. The number of esters is 1. The normalized spacial score (nSPS) is 14.5. The fraction of sp³-hybridized carbons (Fsp3) is 0.409. The second-order valence-corrected chi connectivity index (χ2v) is 7.02. The molecule has 0 unspecified atom stereocenters. The van der Waals surface area contributed by atoms with Gasteiger partial charge in [-0.05, 0) is 37.5 Å². The summed E-state index contributed by atoms with van der Waals surface area (Å²) in [5.74, 6) is 1.08. The number of likely N-dealkylation sites (tertiary alicyclic amines) is 1. The molecule has 0 radical (unpaired) electrons. The van der Waals surface area contributed by atoms with Gasteiger partial charge < -0.3 is 19.7 Å². The van der Waals surface area contributed by atoms with Gasteiger partial charge in [0.05, 0.1) is 19.6 Å². The van der Waals surface area contributed by atoms with Crippen molar-refractivity contribution < 1.29 is 18.7 Å². The Kier molecular flexibility index (Phi) is 9.96. The zero-order chi connectivity index (χ0) is 21.3. The summed E-state index contributed by atoms with van der Waals surface area (Å²) < 4.78 is 23.7. The number of nitrogens with zero attached hydrogens (tertiary/aromatic N) is 3. The van der Waals surface area contributed by atoms with E-state index < -0.39 is 0 Å². The number of ether oxygens (including phenoxy) is 2. The molecule has 0 atom stereocenters. The van der Waals surface area contributed by atoms with Gasteiger partial charge in [-0.25, -0.2) is 14.4 Å². The summed E-state index contributed by atoms with van der Waals surface area (Å²) in [7, 11) is 1.43. The summed E-state index contributed by atoms with van der Waals surface area (Å²) in [4.78, 5) is 22.9. The number of hydrogen-bond donors (Lipinski definition) is 1. The molecule has 1 aliphatic heterocycles. The number of hydrogen-bond acceptors (Lipinski definition) is 5. The molecule has 0 saturated carbocycles. The van der Waals surface area contributed by atoms with Gasteiger partial charge in [-0.1, -0.05) is 12.1 Å². The average Bonchev–Trinajstić information content (AvgIpc) is 2.77. The van der Waals surface area contributed by atoms with Crippen LogP contribution in [0.3, 0.4) is 0 Å². The molecule has 168 valence electrons. The number of methoxy groups -OCH3 is 1. The van der Waals surface area contributed by atoms with Gasteiger partial charge in [-0.2, -0.15) is 0 Å². The number of guanidine groups is 1. The van der Waals surface area contributed by atoms with E-state index in [0.717, 1.165) is 44.0 Å². The first-order valence-corrected chi connectivity index (χ1v) is 10.1. The first-order chi connectivity index (χ1) is 14.6. The lowest BCUT2D eigenvalue weighted by Crippen LogP contribution is -2.46. The van der Waals surface area contributed by atoms with Gasteiger partial charge in [0.15, 0.2) is 5.96 Å². The maximum atomic E-state index is 13.3. The van der Waals surface area contributed by atoms with Crippen LogP contribution in [-0.2, 0) is 16.1 Å². The molecule has 0 amide bonds. The van der Waals surface area contributed by atoms with E-state index in [4.69, 9.17) is 14.5 Å². The summed E-state index contributed by atoms with van der Waals surface area (Å²) in [6.07, 6.45) is 3.21. The van der Waals surface area contributed by atoms with Crippen molar-refractivity contribution in [3.05, 3.63) is 54.0 Å². The van der Waals surface area contributed by atoms with Crippen LogP contribution in [0.15, 0.2) is 47.6 Å². The zero-order valence-corrected chi connectivity index (χ0v) is 20.0. The minimum Gasteiger partial charge on any atom is -0.469 e. The Morgan fingerprint density at radius 3 is 2.68 bits per heavy atom. The fourth-order valence-corrected chi connectivity index (χ4v) is 3.30. The Bertz CT molecular complexity index is 871. The molecule has 1 aliphatic rings. The van der Waals surface area contributed by atoms with Gasteiger partial charge in [0.2, 0.25) is 5.88 Å². The van der Waals surface area contributed by atoms with Gasteiger partial charge >= 0.3 is 5.97 Å². The molecule has 1 N–H and O–H groups in total. The second-order valence-electron chi connectivity index (χ2n) is 7.02. The summed E-state index contributed by atoms with van der Waals surface area (Å²) in [6.45, 7) is 4.76. The van der Waals surface area contributed by atoms with Gasteiger partial charge in [0.1, 0.15) is 11.6 Å². The molecule has 1 aromatic carbocycles. The van der Waals surface area contributed by atoms with E-state index >= 15 is 0 Å². The van der Waals surface area contributed by atoms with Gasteiger partial charge in [0.25, 0.3) is 0 Å². The molecule has 9 heteroatoms. The smallest absolute Gasteiger partial charge is 0.308 e. The van der Waals surface area contributed by atoms with Crippen LogP contribution in [0.2, 0.25) is 0 Å². The topological polar surface area (TPSA) is 76.1 Å². The molecule has 1 aromatic heterocycles. The highest BCUT2D eigenvalue weighted by molar-refractivity contribution is 14.0. The lowest BCUT2D eigenvalue weighted by molar-refractivity contribution is -0.146. The highest BCUT2D eigenvalue weighted by atomic mass is 127. The van der Waals surface area contributed by atoms with Crippen molar-refractivity contribution >= 4 is 35.9 Å². The largest absolute Gasteiger partial charge is 0.469 e. The van der Waals surface area contributed by atoms with Crippen LogP contribution in [0.4, 0.5) is 4.39 Å². The third-order valence-corrected chi connectivity index (χ3v) is 4.89. The average molecular weight is 542 g/mol. The molecule has 0 aliphatic carbocycles. The molecule has 31 heavy (non-hydrogen) atoms. The Morgan fingerprint density at radius 1 is 1.29 bits per heavy atom. The van der Waals surface area contributed by atoms with Crippen molar-refractivity contribution in [2.75, 3.05) is 26.7 Å². The van der Waals surface area contributed by atoms with Crippen molar-refractivity contribution in [3.8, 4) is 11.6 Å². The number of aliphatic imine (C=N–C) groups is 1. The molecular weight excluding hydrogens is 514 g/mol. The third-order valence-electron chi connectivity index (χ3n) is 4.89. The number of halogens is 2. The molecule has 0 spiro atoms. The van der Waals surface area contributed by atoms with Crippen LogP contribution < -0.4 is 10.1 Å². The number of carbonyl (C=O) groups is 1. The minimum absolute atomic E-state index is 0. The van der Waals surface area contributed by atoms with Crippen molar-refractivity contribution in [1.29, 1.82) is 0 Å². The van der Waals surface area contributed by atoms with Gasteiger partial charge in [0, 0.05) is 38.0 Å². The Labute approximate surface area is 199 Å². The summed E-state index contributed by atoms with van der Waals surface area (Å²) in [5.41, 5.74) is 0.932. The molecule has 1 fully saturated rings. The van der Waals surface area contributed by atoms with E-state index in [1.165, 1.54) is 19.2 Å². The number of aromatic nitrogens is 1. The molecule has 2 aromatic rings. The molecule has 2 heterocycles. The van der Waals surface area contributed by atoms with E-state index in [0.29, 0.717) is 18.2 Å². The maximum absolute atomic E-state index is 13.3. The van der Waals surface area contributed by atoms with Gasteiger partial charge in [-0.3, -0.25) is 4.79 Å². The van der Waals surface area contributed by atoms with Crippen LogP contribution in [0, 0.1) is 11.7 Å². The van der Waals surface area contributed by atoms with Crippen LogP contribution in [-0.4, -0.2) is 48.6 Å². The highest BCUT2D eigenvalue weighted by Crippen LogP contribution is 2.21. The van der Waals surface area contributed by atoms with Crippen molar-refractivity contribution in [2.24, 2.45) is 10.9 Å². The van der Waals surface area contributed by atoms with Gasteiger partial charge in [-0.15, -0.1) is 24.0 Å². The second kappa shape index (κ2) is 12.4. The standard InChI is InChI=1S/C22H27FN4O3.HI/c1-3-24-22(27-11-9-17(10-12-27)21(28)29-2)26-15-16-7-8-20(25-14-16)30-19-6-4-5-18(23)13-19;/h4-8,13-14,17H,3,9-12,15H2,1-2H3,(H,24,26);1H. The van der Waals surface area contributed by atoms with Crippen LogP contribution in [0.5, 0.6) is 11.6 Å². The van der Waals surface area contributed by atoms with Crippen LogP contribution >= 0.6 is 24.0 Å². The van der Waals surface area contributed by atoms with E-state index in [1.807, 2.05) is 13.0 Å².